The van der Waals surface area contributed by atoms with Crippen molar-refractivity contribution in [2.24, 2.45) is 0 Å². The van der Waals surface area contributed by atoms with Gasteiger partial charge in [0.1, 0.15) is 0 Å². The average Bonchev–Trinajstić information content (AvgIpc) is 1.01. The molecule has 1 heterocycles. The van der Waals surface area contributed by atoms with Crippen molar-refractivity contribution in [3.05, 3.63) is 320 Å². The summed E-state index contributed by atoms with van der Waals surface area (Å²) in [5, 5.41) is 20.4. The highest BCUT2D eigenvalue weighted by Crippen LogP contribution is 2.46. The van der Waals surface area contributed by atoms with Crippen molar-refractivity contribution in [2.75, 3.05) is 0 Å². The van der Waals surface area contributed by atoms with Gasteiger partial charge in [0.25, 0.3) is 0 Å². The van der Waals surface area contributed by atoms with Crippen LogP contribution in [0, 0.1) is 0 Å². The second kappa shape index (κ2) is 23.5. The van der Waals surface area contributed by atoms with Crippen molar-refractivity contribution in [3.8, 4) is 55.6 Å². The molecule has 16 aromatic carbocycles. The van der Waals surface area contributed by atoms with Crippen LogP contribution in [0.1, 0.15) is 27.7 Å². The maximum Gasteiger partial charge on any atom is 0.494 e. The zero-order valence-electron chi connectivity index (χ0n) is 50.8. The molecule has 0 aromatic heterocycles. The molecule has 430 valence electrons. The molecule has 4 heteroatoms. The molecule has 0 amide bonds. The van der Waals surface area contributed by atoms with Gasteiger partial charge in [0.05, 0.1) is 11.2 Å². The number of benzene rings is 16. The molecule has 16 aromatic rings. The summed E-state index contributed by atoms with van der Waals surface area (Å²) in [5.41, 5.74) is 13.0. The van der Waals surface area contributed by atoms with E-state index in [1.54, 1.807) is 0 Å². The molecule has 0 bridgehead atoms. The van der Waals surface area contributed by atoms with Crippen LogP contribution in [0.4, 0.5) is 0 Å². The number of hydrogen-bond acceptors (Lipinski definition) is 2. The zero-order chi connectivity index (χ0) is 60.9. The summed E-state index contributed by atoms with van der Waals surface area (Å²) in [4.78, 5) is 0. The molecule has 2 nitrogen and oxygen atoms in total. The van der Waals surface area contributed by atoms with E-state index >= 15 is 0 Å². The predicted molar refractivity (Wildman–Crippen MR) is 390 cm³/mol. The standard InChI is InChI=1S/C40H26.C24H15Br.C22H23BO2/c1-2-12-31-26-32(25-20-27(31)10-1)40-37-17-7-5-15-35(37)39(36-16-6-8-18-38(36)40)30-23-21-29(22-24-30)34-19-9-13-28-11-3-4-14-33(28)34;25-24-21-11-5-3-9-19(21)23(20-10-4-6-12-22(20)24)18-14-13-16-7-1-2-8-17(16)15-18;1-21(2)22(3,4)25-23(24-21)18-14-12-17(13-15-18)20-11-7-9-16-8-5-6-10-19(16)20/h1-26H;1-15H;5-15H,1-4H3. The molecule has 0 saturated carbocycles. The Morgan fingerprint density at radius 3 is 0.922 bits per heavy atom. The Morgan fingerprint density at radius 2 is 0.522 bits per heavy atom. The van der Waals surface area contributed by atoms with Gasteiger partial charge in [-0.1, -0.05) is 303 Å². The van der Waals surface area contributed by atoms with Gasteiger partial charge in [-0.25, -0.2) is 0 Å². The molecule has 17 rings (SSSR count). The van der Waals surface area contributed by atoms with Gasteiger partial charge in [-0.2, -0.15) is 0 Å². The minimum atomic E-state index is -0.314. The van der Waals surface area contributed by atoms with Gasteiger partial charge >= 0.3 is 7.12 Å². The lowest BCUT2D eigenvalue weighted by atomic mass is 9.78. The van der Waals surface area contributed by atoms with E-state index < -0.39 is 0 Å². The van der Waals surface area contributed by atoms with Gasteiger partial charge in [0, 0.05) is 4.47 Å². The fourth-order valence-corrected chi connectivity index (χ4v) is 14.1. The molecule has 0 radical (unpaired) electrons. The highest BCUT2D eigenvalue weighted by Gasteiger charge is 2.51. The van der Waals surface area contributed by atoms with Crippen LogP contribution in [0.25, 0.3) is 142 Å². The Hall–Kier alpha value is -9.94. The summed E-state index contributed by atoms with van der Waals surface area (Å²) >= 11 is 3.83. The van der Waals surface area contributed by atoms with Gasteiger partial charge in [0.2, 0.25) is 0 Å². The minimum Gasteiger partial charge on any atom is -0.399 e. The molecule has 90 heavy (non-hydrogen) atoms. The lowest BCUT2D eigenvalue weighted by molar-refractivity contribution is 0.00578. The molecule has 1 saturated heterocycles. The Labute approximate surface area is 534 Å². The Kier molecular flexibility index (Phi) is 14.8. The van der Waals surface area contributed by atoms with Crippen LogP contribution >= 0.6 is 15.9 Å². The Bertz CT molecular complexity index is 5260. The first-order valence-electron chi connectivity index (χ1n) is 31.1. The van der Waals surface area contributed by atoms with Crippen LogP contribution in [0.15, 0.2) is 320 Å². The van der Waals surface area contributed by atoms with Crippen LogP contribution in [0.3, 0.4) is 0 Å². The summed E-state index contributed by atoms with van der Waals surface area (Å²) in [6.45, 7) is 8.32. The number of halogens is 1. The molecule has 0 atom stereocenters. The van der Waals surface area contributed by atoms with Crippen molar-refractivity contribution in [3.63, 3.8) is 0 Å². The van der Waals surface area contributed by atoms with Crippen molar-refractivity contribution < 1.29 is 9.31 Å². The highest BCUT2D eigenvalue weighted by molar-refractivity contribution is 9.10. The number of fused-ring (bicyclic) bond motifs is 8. The molecular formula is C86H64BBrO2. The van der Waals surface area contributed by atoms with Crippen molar-refractivity contribution in [1.29, 1.82) is 0 Å². The summed E-state index contributed by atoms with van der Waals surface area (Å²) < 4.78 is 13.5. The third kappa shape index (κ3) is 10.4. The fraction of sp³-hybridized carbons (Fsp3) is 0.0698. The van der Waals surface area contributed by atoms with E-state index in [9.17, 15) is 0 Å². The first-order valence-corrected chi connectivity index (χ1v) is 31.9. The topological polar surface area (TPSA) is 18.5 Å². The Balaban J connectivity index is 0.000000118. The second-order valence-electron chi connectivity index (χ2n) is 24.6. The van der Waals surface area contributed by atoms with E-state index in [-0.39, 0.29) is 18.3 Å². The van der Waals surface area contributed by atoms with Crippen molar-refractivity contribution in [2.45, 2.75) is 38.9 Å². The van der Waals surface area contributed by atoms with Gasteiger partial charge in [0.15, 0.2) is 0 Å². The molecule has 1 aliphatic heterocycles. The van der Waals surface area contributed by atoms with E-state index in [0.29, 0.717) is 0 Å². The zero-order valence-corrected chi connectivity index (χ0v) is 52.4. The normalized spacial score (nSPS) is 13.5. The van der Waals surface area contributed by atoms with E-state index in [1.807, 2.05) is 0 Å². The van der Waals surface area contributed by atoms with E-state index in [1.165, 1.54) is 146 Å². The summed E-state index contributed by atoms with van der Waals surface area (Å²) in [7, 11) is -0.313. The monoisotopic (exact) mass is 1220 g/mol. The summed E-state index contributed by atoms with van der Waals surface area (Å²) in [6.07, 6.45) is 0. The minimum absolute atomic E-state index is 0.313. The van der Waals surface area contributed by atoms with Crippen LogP contribution in [-0.4, -0.2) is 18.3 Å². The molecular weight excluding hydrogens is 1160 g/mol. The van der Waals surface area contributed by atoms with Gasteiger partial charge in [-0.3, -0.25) is 0 Å². The number of rotatable bonds is 6. The van der Waals surface area contributed by atoms with Gasteiger partial charge in [-0.15, -0.1) is 0 Å². The maximum atomic E-state index is 6.14. The van der Waals surface area contributed by atoms with Crippen LogP contribution in [0.2, 0.25) is 0 Å². The summed E-state index contributed by atoms with van der Waals surface area (Å²) in [5.74, 6) is 0. The lowest BCUT2D eigenvalue weighted by Crippen LogP contribution is -2.41. The lowest BCUT2D eigenvalue weighted by Gasteiger charge is -2.32. The molecule has 1 fully saturated rings. The third-order valence-corrected chi connectivity index (χ3v) is 19.5. The van der Waals surface area contributed by atoms with Crippen molar-refractivity contribution in [1.82, 2.24) is 0 Å². The second-order valence-corrected chi connectivity index (χ2v) is 25.4. The maximum absolute atomic E-state index is 6.14. The van der Waals surface area contributed by atoms with Gasteiger partial charge in [-0.05, 0) is 203 Å². The Morgan fingerprint density at radius 1 is 0.244 bits per heavy atom. The van der Waals surface area contributed by atoms with E-state index in [4.69, 9.17) is 9.31 Å². The van der Waals surface area contributed by atoms with Crippen molar-refractivity contribution >= 4 is 115 Å². The summed E-state index contributed by atoms with van der Waals surface area (Å²) in [6, 6.07) is 114. The molecule has 0 aliphatic carbocycles. The SMILES string of the molecule is Brc1c2ccccc2c(-c2ccc3ccccc3c2)c2ccccc12.CC1(C)OB(c2ccc(-c3cccc4ccccc34)cc2)OC1(C)C.c1ccc2cc(-c3c4ccccc4c(-c4ccc(-c5cccc6ccccc56)cc4)c4ccccc34)ccc2c1. The smallest absolute Gasteiger partial charge is 0.399 e. The highest BCUT2D eigenvalue weighted by atomic mass is 79.9. The van der Waals surface area contributed by atoms with Gasteiger partial charge < -0.3 is 9.31 Å². The molecule has 0 N–H and O–H groups in total. The van der Waals surface area contributed by atoms with E-state index in [0.717, 1.165) is 5.46 Å². The molecule has 0 unspecified atom stereocenters. The quantitative estimate of drug-likeness (QED) is 0.122. The largest absolute Gasteiger partial charge is 0.494 e. The predicted octanol–water partition coefficient (Wildman–Crippen LogP) is 23.7. The molecule has 1 aliphatic rings. The molecule has 0 spiro atoms. The first-order chi connectivity index (χ1) is 44.0. The first kappa shape index (κ1) is 56.6. The third-order valence-electron chi connectivity index (χ3n) is 18.7. The van der Waals surface area contributed by atoms with Crippen LogP contribution in [-0.2, 0) is 9.31 Å². The van der Waals surface area contributed by atoms with E-state index in [2.05, 4.69) is 359 Å². The van der Waals surface area contributed by atoms with Crippen LogP contribution in [0.5, 0.6) is 0 Å². The van der Waals surface area contributed by atoms with Crippen LogP contribution < -0.4 is 5.46 Å². The number of hydrogen-bond donors (Lipinski definition) is 0. The fourth-order valence-electron chi connectivity index (χ4n) is 13.4. The average molecular weight is 1220 g/mol.